The van der Waals surface area contributed by atoms with Crippen LogP contribution < -0.4 is 4.90 Å². The van der Waals surface area contributed by atoms with Crippen LogP contribution >= 0.6 is 0 Å². The van der Waals surface area contributed by atoms with E-state index in [1.807, 2.05) is 49.2 Å². The van der Waals surface area contributed by atoms with Crippen LogP contribution in [0.4, 0.5) is 11.5 Å². The van der Waals surface area contributed by atoms with Crippen LogP contribution in [-0.2, 0) is 0 Å². The Labute approximate surface area is 127 Å². The molecule has 0 aliphatic heterocycles. The SMILES string of the molecule is C[C@H](c1cc2ccccc2o1)N(C)c1ccc([N+](=O)[O-])cn1. The van der Waals surface area contributed by atoms with Gasteiger partial charge < -0.3 is 9.32 Å². The van der Waals surface area contributed by atoms with Crippen molar-refractivity contribution in [1.29, 1.82) is 0 Å². The number of aromatic nitrogens is 1. The summed E-state index contributed by atoms with van der Waals surface area (Å²) in [4.78, 5) is 16.3. The highest BCUT2D eigenvalue weighted by atomic mass is 16.6. The number of nitro groups is 1. The second-order valence-electron chi connectivity index (χ2n) is 5.11. The topological polar surface area (TPSA) is 72.4 Å². The van der Waals surface area contributed by atoms with E-state index < -0.39 is 4.92 Å². The van der Waals surface area contributed by atoms with E-state index in [2.05, 4.69) is 4.98 Å². The molecule has 1 aromatic carbocycles. The summed E-state index contributed by atoms with van der Waals surface area (Å²) in [6, 6.07) is 12.9. The minimum Gasteiger partial charge on any atom is -0.459 e. The average molecular weight is 297 g/mol. The molecule has 0 N–H and O–H groups in total. The van der Waals surface area contributed by atoms with Gasteiger partial charge in [0.25, 0.3) is 5.69 Å². The van der Waals surface area contributed by atoms with E-state index >= 15 is 0 Å². The number of anilines is 1. The molecule has 0 amide bonds. The van der Waals surface area contributed by atoms with Gasteiger partial charge in [0.2, 0.25) is 0 Å². The third kappa shape index (κ3) is 2.50. The first-order valence-electron chi connectivity index (χ1n) is 6.88. The van der Waals surface area contributed by atoms with Crippen LogP contribution in [-0.4, -0.2) is 17.0 Å². The van der Waals surface area contributed by atoms with Crippen molar-refractivity contribution < 1.29 is 9.34 Å². The van der Waals surface area contributed by atoms with Crippen LogP contribution in [0.25, 0.3) is 11.0 Å². The lowest BCUT2D eigenvalue weighted by molar-refractivity contribution is -0.385. The van der Waals surface area contributed by atoms with Gasteiger partial charge in [-0.3, -0.25) is 10.1 Å². The highest BCUT2D eigenvalue weighted by molar-refractivity contribution is 5.77. The zero-order valence-corrected chi connectivity index (χ0v) is 12.3. The van der Waals surface area contributed by atoms with E-state index in [0.717, 1.165) is 16.7 Å². The molecule has 0 spiro atoms. The molecule has 3 aromatic rings. The Bertz CT molecular complexity index is 778. The Morgan fingerprint density at radius 3 is 2.68 bits per heavy atom. The minimum atomic E-state index is -0.459. The average Bonchev–Trinajstić information content (AvgIpc) is 2.97. The van der Waals surface area contributed by atoms with Gasteiger partial charge in [0.05, 0.1) is 11.0 Å². The van der Waals surface area contributed by atoms with Crippen LogP contribution in [0.3, 0.4) is 0 Å². The van der Waals surface area contributed by atoms with Crippen molar-refractivity contribution in [2.75, 3.05) is 11.9 Å². The molecule has 0 saturated carbocycles. The lowest BCUT2D eigenvalue weighted by atomic mass is 10.2. The highest BCUT2D eigenvalue weighted by Gasteiger charge is 2.18. The summed E-state index contributed by atoms with van der Waals surface area (Å²) < 4.78 is 5.86. The number of rotatable bonds is 4. The summed E-state index contributed by atoms with van der Waals surface area (Å²) in [7, 11) is 1.88. The molecule has 2 aromatic heterocycles. The smallest absolute Gasteiger partial charge is 0.287 e. The Kier molecular flexibility index (Phi) is 3.50. The normalized spacial score (nSPS) is 12.3. The fourth-order valence-electron chi connectivity index (χ4n) is 2.29. The van der Waals surface area contributed by atoms with Crippen molar-refractivity contribution in [3.05, 3.63) is 64.5 Å². The number of hydrogen-bond donors (Lipinski definition) is 0. The highest BCUT2D eigenvalue weighted by Crippen LogP contribution is 2.29. The fraction of sp³-hybridized carbons (Fsp3) is 0.188. The molecule has 112 valence electrons. The predicted octanol–water partition coefficient (Wildman–Crippen LogP) is 3.93. The first kappa shape index (κ1) is 14.1. The van der Waals surface area contributed by atoms with Crippen LogP contribution in [0, 0.1) is 10.1 Å². The first-order chi connectivity index (χ1) is 10.6. The molecular formula is C16H15N3O3. The van der Waals surface area contributed by atoms with E-state index in [-0.39, 0.29) is 11.7 Å². The van der Waals surface area contributed by atoms with Crippen LogP contribution in [0.1, 0.15) is 18.7 Å². The quantitative estimate of drug-likeness (QED) is 0.539. The fourth-order valence-corrected chi connectivity index (χ4v) is 2.29. The van der Waals surface area contributed by atoms with E-state index in [1.54, 1.807) is 6.07 Å². The molecule has 2 heterocycles. The Morgan fingerprint density at radius 2 is 2.05 bits per heavy atom. The molecule has 3 rings (SSSR count). The number of hydrogen-bond acceptors (Lipinski definition) is 5. The van der Waals surface area contributed by atoms with Crippen LogP contribution in [0.15, 0.2) is 53.1 Å². The maximum Gasteiger partial charge on any atom is 0.287 e. The molecule has 0 radical (unpaired) electrons. The van der Waals surface area contributed by atoms with Crippen molar-refractivity contribution in [2.45, 2.75) is 13.0 Å². The molecule has 0 aliphatic rings. The van der Waals surface area contributed by atoms with E-state index in [1.165, 1.54) is 12.3 Å². The van der Waals surface area contributed by atoms with Gasteiger partial charge in [-0.05, 0) is 25.1 Å². The van der Waals surface area contributed by atoms with Crippen LogP contribution in [0.5, 0.6) is 0 Å². The van der Waals surface area contributed by atoms with Gasteiger partial charge in [-0.25, -0.2) is 4.98 Å². The van der Waals surface area contributed by atoms with Crippen molar-refractivity contribution in [1.82, 2.24) is 4.98 Å². The summed E-state index contributed by atoms with van der Waals surface area (Å²) >= 11 is 0. The lowest BCUT2D eigenvalue weighted by Crippen LogP contribution is -2.22. The number of pyridine rings is 1. The molecule has 1 atom stereocenters. The van der Waals surface area contributed by atoms with E-state index in [9.17, 15) is 10.1 Å². The van der Waals surface area contributed by atoms with Crippen molar-refractivity contribution >= 4 is 22.5 Å². The lowest BCUT2D eigenvalue weighted by Gasteiger charge is -2.24. The molecule has 22 heavy (non-hydrogen) atoms. The maximum absolute atomic E-state index is 10.7. The Morgan fingerprint density at radius 1 is 1.27 bits per heavy atom. The Hall–Kier alpha value is -2.89. The van der Waals surface area contributed by atoms with Gasteiger partial charge in [0, 0.05) is 18.5 Å². The number of para-hydroxylation sites is 1. The summed E-state index contributed by atoms with van der Waals surface area (Å²) in [6.07, 6.45) is 1.26. The standard InChI is InChI=1S/C16H15N3O3/c1-11(15-9-12-5-3-4-6-14(12)22-15)18(2)16-8-7-13(10-17-16)19(20)21/h3-11H,1-2H3/t11-/m1/s1. The largest absolute Gasteiger partial charge is 0.459 e. The molecular weight excluding hydrogens is 282 g/mol. The van der Waals surface area contributed by atoms with Gasteiger partial charge in [-0.15, -0.1) is 0 Å². The Balaban J connectivity index is 1.86. The zero-order chi connectivity index (χ0) is 15.7. The van der Waals surface area contributed by atoms with Gasteiger partial charge in [0.15, 0.2) is 0 Å². The second kappa shape index (κ2) is 5.48. The summed E-state index contributed by atoms with van der Waals surface area (Å²) in [5.74, 6) is 1.47. The molecule has 0 unspecified atom stereocenters. The predicted molar refractivity (Wildman–Crippen MR) is 83.9 cm³/mol. The third-order valence-electron chi connectivity index (χ3n) is 3.74. The van der Waals surface area contributed by atoms with Crippen molar-refractivity contribution in [3.63, 3.8) is 0 Å². The maximum atomic E-state index is 10.7. The summed E-state index contributed by atoms with van der Waals surface area (Å²) in [5, 5.41) is 11.7. The van der Waals surface area contributed by atoms with Gasteiger partial charge in [0.1, 0.15) is 23.4 Å². The number of benzene rings is 1. The van der Waals surface area contributed by atoms with E-state index in [0.29, 0.717) is 5.82 Å². The summed E-state index contributed by atoms with van der Waals surface area (Å²) in [5.41, 5.74) is 0.822. The van der Waals surface area contributed by atoms with Crippen molar-refractivity contribution in [3.8, 4) is 0 Å². The minimum absolute atomic E-state index is 0.0199. The number of nitrogens with zero attached hydrogens (tertiary/aromatic N) is 3. The monoisotopic (exact) mass is 297 g/mol. The second-order valence-corrected chi connectivity index (χ2v) is 5.11. The molecule has 0 aliphatic carbocycles. The van der Waals surface area contributed by atoms with E-state index in [4.69, 9.17) is 4.42 Å². The molecule has 0 saturated heterocycles. The molecule has 6 nitrogen and oxygen atoms in total. The van der Waals surface area contributed by atoms with Gasteiger partial charge in [-0.1, -0.05) is 18.2 Å². The van der Waals surface area contributed by atoms with Crippen molar-refractivity contribution in [2.24, 2.45) is 0 Å². The van der Waals surface area contributed by atoms with Gasteiger partial charge >= 0.3 is 0 Å². The molecule has 0 bridgehead atoms. The molecule has 6 heteroatoms. The summed E-state index contributed by atoms with van der Waals surface area (Å²) in [6.45, 7) is 2.00. The first-order valence-corrected chi connectivity index (χ1v) is 6.88. The zero-order valence-electron chi connectivity index (χ0n) is 12.3. The van der Waals surface area contributed by atoms with Gasteiger partial charge in [-0.2, -0.15) is 0 Å². The molecule has 0 fully saturated rings. The third-order valence-corrected chi connectivity index (χ3v) is 3.74. The van der Waals surface area contributed by atoms with Crippen LogP contribution in [0.2, 0.25) is 0 Å². The number of fused-ring (bicyclic) bond motifs is 1. The number of furan rings is 1.